The van der Waals surface area contributed by atoms with E-state index >= 15 is 0 Å². The van der Waals surface area contributed by atoms with E-state index < -0.39 is 0 Å². The van der Waals surface area contributed by atoms with Crippen LogP contribution in [0.3, 0.4) is 0 Å². The Labute approximate surface area is 178 Å². The van der Waals surface area contributed by atoms with E-state index in [-0.39, 0.29) is 23.3 Å². The molecule has 2 aliphatic rings. The lowest BCUT2D eigenvalue weighted by atomic mass is 10.0. The molecule has 1 N–H and O–H groups in total. The number of ether oxygens (including phenoxy) is 1. The van der Waals surface area contributed by atoms with Crippen molar-refractivity contribution in [1.82, 2.24) is 10.2 Å². The molecular formula is C23H34N2O3S. The molecular weight excluding hydrogens is 384 g/mol. The van der Waals surface area contributed by atoms with Gasteiger partial charge in [0.25, 0.3) is 0 Å². The van der Waals surface area contributed by atoms with Gasteiger partial charge >= 0.3 is 5.97 Å². The number of esters is 1. The molecule has 1 aromatic rings. The molecule has 0 bridgehead atoms. The Morgan fingerprint density at radius 1 is 1.24 bits per heavy atom. The van der Waals surface area contributed by atoms with E-state index in [9.17, 15) is 9.59 Å². The van der Waals surface area contributed by atoms with Crippen molar-refractivity contribution in [2.24, 2.45) is 5.92 Å². The second-order valence-corrected chi connectivity index (χ2v) is 9.29. The quantitative estimate of drug-likeness (QED) is 0.465. The third-order valence-corrected chi connectivity index (χ3v) is 7.27. The average Bonchev–Trinajstić information content (AvgIpc) is 3.34. The van der Waals surface area contributed by atoms with Gasteiger partial charge in [-0.1, -0.05) is 36.8 Å². The van der Waals surface area contributed by atoms with Gasteiger partial charge in [-0.3, -0.25) is 14.9 Å². The standard InChI is InChI=1S/C23H34N2O3S/c1-3-28-22(26)16-29-21(13-12-18-8-5-4-6-9-18)24-17(2)23(27)25-15-14-19-10-7-11-20(19)25/h4-6,8-9,17,19-21,24H,3,7,10-16H2,1-2H3/t17-,19-,20-,21?/m0/s1. The number of benzene rings is 1. The zero-order valence-corrected chi connectivity index (χ0v) is 18.5. The predicted molar refractivity (Wildman–Crippen MR) is 118 cm³/mol. The Hall–Kier alpha value is -1.53. The number of hydrogen-bond acceptors (Lipinski definition) is 5. The molecule has 0 spiro atoms. The number of thioether (sulfide) groups is 1. The maximum absolute atomic E-state index is 13.1. The first-order chi connectivity index (χ1) is 14.1. The molecule has 6 heteroatoms. The van der Waals surface area contributed by atoms with Crippen LogP contribution in [0.2, 0.25) is 0 Å². The highest BCUT2D eigenvalue weighted by Crippen LogP contribution is 2.38. The number of nitrogens with one attached hydrogen (secondary N) is 1. The molecule has 1 aromatic carbocycles. The number of amides is 1. The van der Waals surface area contributed by atoms with Crippen LogP contribution in [0, 0.1) is 5.92 Å². The largest absolute Gasteiger partial charge is 0.465 e. The van der Waals surface area contributed by atoms with E-state index in [1.165, 1.54) is 18.4 Å². The first kappa shape index (κ1) is 22.2. The third kappa shape index (κ3) is 6.22. The van der Waals surface area contributed by atoms with Crippen molar-refractivity contribution >= 4 is 23.6 Å². The van der Waals surface area contributed by atoms with Gasteiger partial charge in [-0.15, -0.1) is 11.8 Å². The van der Waals surface area contributed by atoms with Gasteiger partial charge in [-0.25, -0.2) is 0 Å². The van der Waals surface area contributed by atoms with Gasteiger partial charge in [0.15, 0.2) is 0 Å². The van der Waals surface area contributed by atoms with Crippen molar-refractivity contribution in [2.45, 2.75) is 69.8 Å². The Balaban J connectivity index is 1.56. The van der Waals surface area contributed by atoms with Crippen LogP contribution in [-0.2, 0) is 20.7 Å². The first-order valence-electron chi connectivity index (χ1n) is 11.0. The van der Waals surface area contributed by atoms with Gasteiger partial charge < -0.3 is 9.64 Å². The summed E-state index contributed by atoms with van der Waals surface area (Å²) in [5.41, 5.74) is 1.27. The minimum atomic E-state index is -0.246. The molecule has 4 atom stereocenters. The number of likely N-dealkylation sites (tertiary alicyclic amines) is 1. The number of aryl methyl sites for hydroxylation is 1. The van der Waals surface area contributed by atoms with Gasteiger partial charge in [0, 0.05) is 12.6 Å². The predicted octanol–water partition coefficient (Wildman–Crippen LogP) is 3.62. The summed E-state index contributed by atoms with van der Waals surface area (Å²) < 4.78 is 5.07. The van der Waals surface area contributed by atoms with Crippen LogP contribution in [0.15, 0.2) is 30.3 Å². The third-order valence-electron chi connectivity index (χ3n) is 6.10. The Kier molecular flexibility index (Phi) is 8.42. The summed E-state index contributed by atoms with van der Waals surface area (Å²) in [6.45, 7) is 5.07. The molecule has 1 saturated carbocycles. The second kappa shape index (κ2) is 11.0. The summed E-state index contributed by atoms with van der Waals surface area (Å²) in [6, 6.07) is 10.5. The lowest BCUT2D eigenvalue weighted by Crippen LogP contribution is -2.49. The second-order valence-electron chi connectivity index (χ2n) is 8.10. The summed E-state index contributed by atoms with van der Waals surface area (Å²) in [7, 11) is 0. The number of carbonyl (C=O) groups excluding carboxylic acids is 2. The highest BCUT2D eigenvalue weighted by molar-refractivity contribution is 8.00. The molecule has 1 unspecified atom stereocenters. The molecule has 1 aliphatic heterocycles. The van der Waals surface area contributed by atoms with Crippen LogP contribution in [-0.4, -0.2) is 53.1 Å². The molecule has 5 nitrogen and oxygen atoms in total. The van der Waals surface area contributed by atoms with Gasteiger partial charge in [0.2, 0.25) is 5.91 Å². The van der Waals surface area contributed by atoms with Crippen molar-refractivity contribution < 1.29 is 14.3 Å². The first-order valence-corrected chi connectivity index (χ1v) is 12.0. The maximum Gasteiger partial charge on any atom is 0.315 e. The van der Waals surface area contributed by atoms with Gasteiger partial charge in [0.1, 0.15) is 0 Å². The number of hydrogen-bond donors (Lipinski definition) is 1. The van der Waals surface area contributed by atoms with Crippen LogP contribution in [0.4, 0.5) is 0 Å². The number of carbonyl (C=O) groups is 2. The Morgan fingerprint density at radius 3 is 2.79 bits per heavy atom. The number of rotatable bonds is 10. The van der Waals surface area contributed by atoms with Gasteiger partial charge in [0.05, 0.1) is 23.8 Å². The molecule has 1 heterocycles. The normalized spacial score (nSPS) is 22.9. The molecule has 1 aliphatic carbocycles. The van der Waals surface area contributed by atoms with Crippen LogP contribution >= 0.6 is 11.8 Å². The van der Waals surface area contributed by atoms with E-state index in [1.807, 2.05) is 32.0 Å². The SMILES string of the molecule is CCOC(=O)CSC(CCc1ccccc1)N[C@@H](C)C(=O)N1CC[C@@H]2CCC[C@@H]21. The molecule has 160 valence electrons. The van der Waals surface area contributed by atoms with E-state index in [0.29, 0.717) is 24.3 Å². The summed E-state index contributed by atoms with van der Waals surface area (Å²) in [4.78, 5) is 27.0. The highest BCUT2D eigenvalue weighted by Gasteiger charge is 2.41. The van der Waals surface area contributed by atoms with Crippen LogP contribution in [0.5, 0.6) is 0 Å². The highest BCUT2D eigenvalue weighted by atomic mass is 32.2. The fourth-order valence-electron chi connectivity index (χ4n) is 4.64. The van der Waals surface area contributed by atoms with Crippen molar-refractivity contribution in [2.75, 3.05) is 18.9 Å². The van der Waals surface area contributed by atoms with E-state index in [2.05, 4.69) is 22.3 Å². The monoisotopic (exact) mass is 418 g/mol. The zero-order valence-electron chi connectivity index (χ0n) is 17.6. The number of fused-ring (bicyclic) bond motifs is 1. The summed E-state index contributed by atoms with van der Waals surface area (Å²) >= 11 is 1.54. The van der Waals surface area contributed by atoms with E-state index in [1.54, 1.807) is 11.8 Å². The maximum atomic E-state index is 13.1. The van der Waals surface area contributed by atoms with Crippen molar-refractivity contribution in [3.63, 3.8) is 0 Å². The molecule has 0 aromatic heterocycles. The molecule has 0 radical (unpaired) electrons. The zero-order chi connectivity index (χ0) is 20.6. The Bertz CT molecular complexity index is 669. The molecule has 2 fully saturated rings. The lowest BCUT2D eigenvalue weighted by molar-refractivity contribution is -0.139. The number of nitrogens with zero attached hydrogens (tertiary/aromatic N) is 1. The van der Waals surface area contributed by atoms with E-state index in [4.69, 9.17) is 4.74 Å². The summed E-state index contributed by atoms with van der Waals surface area (Å²) in [5.74, 6) is 1.02. The topological polar surface area (TPSA) is 58.6 Å². The van der Waals surface area contributed by atoms with Crippen molar-refractivity contribution in [3.8, 4) is 0 Å². The summed E-state index contributed by atoms with van der Waals surface area (Å²) in [5, 5.41) is 3.53. The molecule has 1 saturated heterocycles. The smallest absolute Gasteiger partial charge is 0.315 e. The van der Waals surface area contributed by atoms with Crippen LogP contribution in [0.1, 0.15) is 51.5 Å². The van der Waals surface area contributed by atoms with Gasteiger partial charge in [-0.2, -0.15) is 0 Å². The Morgan fingerprint density at radius 2 is 2.03 bits per heavy atom. The molecule has 29 heavy (non-hydrogen) atoms. The van der Waals surface area contributed by atoms with Crippen molar-refractivity contribution in [1.29, 1.82) is 0 Å². The summed E-state index contributed by atoms with van der Waals surface area (Å²) in [6.07, 6.45) is 6.58. The van der Waals surface area contributed by atoms with Gasteiger partial charge in [-0.05, 0) is 57.4 Å². The van der Waals surface area contributed by atoms with E-state index in [0.717, 1.165) is 32.2 Å². The van der Waals surface area contributed by atoms with Crippen LogP contribution < -0.4 is 5.32 Å². The lowest BCUT2D eigenvalue weighted by Gasteiger charge is -2.29. The fourth-order valence-corrected chi connectivity index (χ4v) is 5.64. The molecule has 1 amide bonds. The average molecular weight is 419 g/mol. The molecule has 3 rings (SSSR count). The minimum Gasteiger partial charge on any atom is -0.465 e. The minimum absolute atomic E-state index is 0.0283. The van der Waals surface area contributed by atoms with Crippen LogP contribution in [0.25, 0.3) is 0 Å². The van der Waals surface area contributed by atoms with Crippen molar-refractivity contribution in [3.05, 3.63) is 35.9 Å². The fraction of sp³-hybridized carbons (Fsp3) is 0.652.